The fourth-order valence-electron chi connectivity index (χ4n) is 3.21. The molecule has 20 heavy (non-hydrogen) atoms. The van der Waals surface area contributed by atoms with Crippen LogP contribution in [0, 0.1) is 11.8 Å². The molecule has 2 unspecified atom stereocenters. The minimum absolute atomic E-state index is 0.139. The number of rotatable bonds is 4. The number of nitrogens with one attached hydrogen (secondary N) is 1. The first-order chi connectivity index (χ1) is 9.49. The minimum atomic E-state index is 0.139. The Kier molecular flexibility index (Phi) is 5.59. The van der Waals surface area contributed by atoms with Crippen molar-refractivity contribution in [3.05, 3.63) is 27.7 Å². The Morgan fingerprint density at radius 2 is 1.95 bits per heavy atom. The first-order valence-corrected chi connectivity index (χ1v) is 8.15. The second-order valence-electron chi connectivity index (χ2n) is 6.08. The van der Waals surface area contributed by atoms with E-state index in [-0.39, 0.29) is 5.75 Å². The maximum absolute atomic E-state index is 10.00. The van der Waals surface area contributed by atoms with Crippen LogP contribution in [0.5, 0.6) is 5.75 Å². The molecule has 0 aliphatic heterocycles. The number of halogens is 2. The van der Waals surface area contributed by atoms with Gasteiger partial charge in [0.1, 0.15) is 5.75 Å². The molecule has 2 N–H and O–H groups in total. The zero-order valence-electron chi connectivity index (χ0n) is 12.1. The van der Waals surface area contributed by atoms with Crippen molar-refractivity contribution >= 4 is 23.2 Å². The quantitative estimate of drug-likeness (QED) is 0.819. The van der Waals surface area contributed by atoms with Crippen molar-refractivity contribution in [2.45, 2.75) is 52.1 Å². The highest BCUT2D eigenvalue weighted by Crippen LogP contribution is 2.33. The van der Waals surface area contributed by atoms with Gasteiger partial charge >= 0.3 is 0 Å². The smallest absolute Gasteiger partial charge is 0.138 e. The minimum Gasteiger partial charge on any atom is -0.506 e. The number of benzene rings is 1. The number of hydrogen-bond acceptors (Lipinski definition) is 2. The first kappa shape index (κ1) is 15.9. The lowest BCUT2D eigenvalue weighted by Gasteiger charge is -2.35. The molecule has 0 amide bonds. The second kappa shape index (κ2) is 7.02. The van der Waals surface area contributed by atoms with Crippen molar-refractivity contribution in [3.8, 4) is 5.75 Å². The topological polar surface area (TPSA) is 32.3 Å². The van der Waals surface area contributed by atoms with E-state index in [2.05, 4.69) is 19.2 Å². The van der Waals surface area contributed by atoms with Crippen LogP contribution in [-0.4, -0.2) is 11.1 Å². The summed E-state index contributed by atoms with van der Waals surface area (Å²) in [6, 6.07) is 3.86. The van der Waals surface area contributed by atoms with E-state index in [0.717, 1.165) is 5.56 Å². The van der Waals surface area contributed by atoms with Crippen LogP contribution >= 0.6 is 23.2 Å². The van der Waals surface area contributed by atoms with E-state index in [9.17, 15) is 5.11 Å². The molecule has 2 nitrogen and oxygen atoms in total. The Balaban J connectivity index is 2.04. The maximum Gasteiger partial charge on any atom is 0.138 e. The Morgan fingerprint density at radius 3 is 2.65 bits per heavy atom. The molecule has 1 aliphatic rings. The van der Waals surface area contributed by atoms with E-state index in [4.69, 9.17) is 23.2 Å². The van der Waals surface area contributed by atoms with Gasteiger partial charge in [-0.25, -0.2) is 0 Å². The highest BCUT2D eigenvalue weighted by Gasteiger charge is 2.27. The largest absolute Gasteiger partial charge is 0.506 e. The van der Waals surface area contributed by atoms with Gasteiger partial charge in [0.15, 0.2) is 0 Å². The van der Waals surface area contributed by atoms with Crippen LogP contribution < -0.4 is 5.32 Å². The van der Waals surface area contributed by atoms with E-state index in [1.165, 1.54) is 25.7 Å². The van der Waals surface area contributed by atoms with Gasteiger partial charge in [-0.15, -0.1) is 0 Å². The van der Waals surface area contributed by atoms with Crippen molar-refractivity contribution in [1.29, 1.82) is 0 Å². The molecule has 0 spiro atoms. The molecule has 1 aliphatic carbocycles. The Labute approximate surface area is 131 Å². The fourth-order valence-corrected chi connectivity index (χ4v) is 3.74. The van der Waals surface area contributed by atoms with Crippen molar-refractivity contribution in [1.82, 2.24) is 5.32 Å². The molecular weight excluding hydrogens is 293 g/mol. The maximum atomic E-state index is 10.00. The summed E-state index contributed by atoms with van der Waals surface area (Å²) in [7, 11) is 0. The van der Waals surface area contributed by atoms with Gasteiger partial charge in [0.05, 0.1) is 5.02 Å². The highest BCUT2D eigenvalue weighted by atomic mass is 35.5. The molecule has 2 atom stereocenters. The monoisotopic (exact) mass is 315 g/mol. The van der Waals surface area contributed by atoms with Gasteiger partial charge in [-0.1, -0.05) is 49.9 Å². The lowest BCUT2D eigenvalue weighted by molar-refractivity contribution is 0.204. The summed E-state index contributed by atoms with van der Waals surface area (Å²) in [5.41, 5.74) is 0.774. The Morgan fingerprint density at radius 1 is 1.25 bits per heavy atom. The third kappa shape index (κ3) is 3.81. The van der Waals surface area contributed by atoms with Crippen molar-refractivity contribution in [3.63, 3.8) is 0 Å². The van der Waals surface area contributed by atoms with E-state index >= 15 is 0 Å². The molecule has 1 aromatic carbocycles. The molecule has 0 heterocycles. The van der Waals surface area contributed by atoms with Gasteiger partial charge in [-0.2, -0.15) is 0 Å². The summed E-state index contributed by atoms with van der Waals surface area (Å²) in [6.07, 6.45) is 5.11. The molecule has 1 saturated carbocycles. The van der Waals surface area contributed by atoms with Gasteiger partial charge in [-0.05, 0) is 36.8 Å². The molecule has 112 valence electrons. The molecule has 1 fully saturated rings. The molecule has 0 bridgehead atoms. The van der Waals surface area contributed by atoms with E-state index in [1.807, 2.05) is 0 Å². The summed E-state index contributed by atoms with van der Waals surface area (Å²) >= 11 is 12.0. The first-order valence-electron chi connectivity index (χ1n) is 7.39. The van der Waals surface area contributed by atoms with Crippen molar-refractivity contribution in [2.75, 3.05) is 0 Å². The molecule has 0 radical (unpaired) electrons. The molecular formula is C16H23Cl2NO. The standard InChI is InChI=1S/C16H23Cl2NO/c1-10(2)13-5-3-4-6-15(13)19-9-11-7-12(17)8-14(18)16(11)20/h7-8,10,13,15,19-20H,3-6,9H2,1-2H3. The average Bonchev–Trinajstić information content (AvgIpc) is 2.41. The fraction of sp³-hybridized carbons (Fsp3) is 0.625. The lowest BCUT2D eigenvalue weighted by Crippen LogP contribution is -2.40. The number of aromatic hydroxyl groups is 1. The highest BCUT2D eigenvalue weighted by molar-refractivity contribution is 6.35. The zero-order valence-corrected chi connectivity index (χ0v) is 13.6. The lowest BCUT2D eigenvalue weighted by atomic mass is 9.78. The van der Waals surface area contributed by atoms with Crippen LogP contribution in [-0.2, 0) is 6.54 Å². The number of hydrogen-bond donors (Lipinski definition) is 2. The van der Waals surface area contributed by atoms with Crippen LogP contribution in [0.3, 0.4) is 0 Å². The average molecular weight is 316 g/mol. The molecule has 2 rings (SSSR count). The van der Waals surface area contributed by atoms with Crippen LogP contribution in [0.1, 0.15) is 45.1 Å². The predicted molar refractivity (Wildman–Crippen MR) is 85.6 cm³/mol. The zero-order chi connectivity index (χ0) is 14.7. The normalized spacial score (nSPS) is 23.2. The number of phenolic OH excluding ortho intramolecular Hbond substituents is 1. The van der Waals surface area contributed by atoms with Crippen molar-refractivity contribution in [2.24, 2.45) is 11.8 Å². The van der Waals surface area contributed by atoms with Gasteiger partial charge < -0.3 is 10.4 Å². The van der Waals surface area contributed by atoms with Gasteiger partial charge in [0.2, 0.25) is 0 Å². The van der Waals surface area contributed by atoms with E-state index in [1.54, 1.807) is 12.1 Å². The van der Waals surface area contributed by atoms with Gasteiger partial charge in [0, 0.05) is 23.2 Å². The third-order valence-electron chi connectivity index (χ3n) is 4.34. The summed E-state index contributed by atoms with van der Waals surface area (Å²) in [4.78, 5) is 0. The van der Waals surface area contributed by atoms with Gasteiger partial charge in [-0.3, -0.25) is 0 Å². The number of phenols is 1. The molecule has 0 saturated heterocycles. The Bertz CT molecular complexity index is 462. The molecule has 4 heteroatoms. The predicted octanol–water partition coefficient (Wildman–Crippen LogP) is 5.00. The third-order valence-corrected chi connectivity index (χ3v) is 4.84. The Hall–Kier alpha value is -0.440. The summed E-state index contributed by atoms with van der Waals surface area (Å²) in [5.74, 6) is 1.53. The van der Waals surface area contributed by atoms with Gasteiger partial charge in [0.25, 0.3) is 0 Å². The van der Waals surface area contributed by atoms with Crippen LogP contribution in [0.15, 0.2) is 12.1 Å². The summed E-state index contributed by atoms with van der Waals surface area (Å²) in [5, 5.41) is 14.5. The van der Waals surface area contributed by atoms with E-state index < -0.39 is 0 Å². The van der Waals surface area contributed by atoms with Crippen molar-refractivity contribution < 1.29 is 5.11 Å². The van der Waals surface area contributed by atoms with Crippen LogP contribution in [0.2, 0.25) is 10.0 Å². The van der Waals surface area contributed by atoms with Crippen LogP contribution in [0.4, 0.5) is 0 Å². The molecule has 0 aromatic heterocycles. The van der Waals surface area contributed by atoms with Crippen LogP contribution in [0.25, 0.3) is 0 Å². The summed E-state index contributed by atoms with van der Waals surface area (Å²) in [6.45, 7) is 5.19. The summed E-state index contributed by atoms with van der Waals surface area (Å²) < 4.78 is 0. The second-order valence-corrected chi connectivity index (χ2v) is 6.92. The molecule has 1 aromatic rings. The SMILES string of the molecule is CC(C)C1CCCCC1NCc1cc(Cl)cc(Cl)c1O. The van der Waals surface area contributed by atoms with E-state index in [0.29, 0.717) is 34.5 Å².